The van der Waals surface area contributed by atoms with Crippen molar-refractivity contribution in [2.75, 3.05) is 19.1 Å². The summed E-state index contributed by atoms with van der Waals surface area (Å²) in [6.45, 7) is 2.07. The number of hydrogen-bond acceptors (Lipinski definition) is 3. The van der Waals surface area contributed by atoms with Crippen molar-refractivity contribution in [3.63, 3.8) is 0 Å². The molecule has 0 N–H and O–H groups in total. The van der Waals surface area contributed by atoms with Crippen LogP contribution in [0.1, 0.15) is 31.2 Å². The second-order valence-electron chi connectivity index (χ2n) is 5.71. The lowest BCUT2D eigenvalue weighted by molar-refractivity contribution is 0.159. The van der Waals surface area contributed by atoms with Crippen molar-refractivity contribution in [1.82, 2.24) is 9.80 Å². The highest BCUT2D eigenvalue weighted by Gasteiger charge is 2.28. The molecule has 0 radical (unpaired) electrons. The van der Waals surface area contributed by atoms with E-state index in [1.165, 1.54) is 31.2 Å². The van der Waals surface area contributed by atoms with E-state index < -0.39 is 0 Å². The first kappa shape index (κ1) is 14.4. The molecule has 0 bridgehead atoms. The third-order valence-corrected chi connectivity index (χ3v) is 5.90. The average molecular weight is 306 g/mol. The van der Waals surface area contributed by atoms with Crippen LogP contribution in [0.3, 0.4) is 0 Å². The Morgan fingerprint density at radius 3 is 2.65 bits per heavy atom. The Hall–Kier alpha value is -0.580. The minimum absolute atomic E-state index is 0.796. The summed E-state index contributed by atoms with van der Waals surface area (Å²) >= 11 is 7.37. The first-order valence-corrected chi connectivity index (χ1v) is 8.92. The zero-order valence-corrected chi connectivity index (χ0v) is 13.5. The van der Waals surface area contributed by atoms with Crippen molar-refractivity contribution in [2.24, 2.45) is 0 Å². The van der Waals surface area contributed by atoms with Crippen LogP contribution in [0.2, 0.25) is 0 Å². The van der Waals surface area contributed by atoms with Gasteiger partial charge in [-0.25, -0.2) is 0 Å². The standard InChI is InChI=1S/C16H22N2S2/c19-16-17(11-10-14-6-2-1-3-7-14)12-18(13-20-16)15-8-4-5-9-15/h1-3,6-7,15H,4-5,8-13H2. The van der Waals surface area contributed by atoms with Crippen LogP contribution in [0.25, 0.3) is 0 Å². The summed E-state index contributed by atoms with van der Waals surface area (Å²) in [6, 6.07) is 11.5. The molecule has 2 nitrogen and oxygen atoms in total. The van der Waals surface area contributed by atoms with Gasteiger partial charge in [0.05, 0.1) is 12.5 Å². The molecule has 1 aromatic rings. The van der Waals surface area contributed by atoms with Crippen LogP contribution in [0.15, 0.2) is 30.3 Å². The molecular weight excluding hydrogens is 284 g/mol. The van der Waals surface area contributed by atoms with Crippen molar-refractivity contribution in [1.29, 1.82) is 0 Å². The third-order valence-electron chi connectivity index (χ3n) is 4.32. The Morgan fingerprint density at radius 1 is 1.15 bits per heavy atom. The van der Waals surface area contributed by atoms with Gasteiger partial charge in [-0.3, -0.25) is 4.90 Å². The zero-order valence-electron chi connectivity index (χ0n) is 11.8. The molecule has 0 amide bonds. The van der Waals surface area contributed by atoms with Crippen LogP contribution in [0.5, 0.6) is 0 Å². The Balaban J connectivity index is 1.55. The quantitative estimate of drug-likeness (QED) is 0.782. The first-order chi connectivity index (χ1) is 9.83. The third kappa shape index (κ3) is 3.54. The van der Waals surface area contributed by atoms with Gasteiger partial charge >= 0.3 is 0 Å². The Morgan fingerprint density at radius 2 is 1.90 bits per heavy atom. The summed E-state index contributed by atoms with van der Waals surface area (Å²) < 4.78 is 1.08. The summed E-state index contributed by atoms with van der Waals surface area (Å²) in [5.41, 5.74) is 1.40. The molecule has 1 heterocycles. The Labute approximate surface area is 131 Å². The normalized spacial score (nSPS) is 21.6. The van der Waals surface area contributed by atoms with Crippen molar-refractivity contribution >= 4 is 28.3 Å². The molecule has 1 saturated carbocycles. The molecule has 20 heavy (non-hydrogen) atoms. The fraction of sp³-hybridized carbons (Fsp3) is 0.562. The number of thioether (sulfide) groups is 1. The predicted molar refractivity (Wildman–Crippen MR) is 90.9 cm³/mol. The van der Waals surface area contributed by atoms with Crippen LogP contribution < -0.4 is 0 Å². The number of hydrogen-bond donors (Lipinski definition) is 0. The van der Waals surface area contributed by atoms with Crippen LogP contribution in [-0.4, -0.2) is 39.3 Å². The lowest BCUT2D eigenvalue weighted by Crippen LogP contribution is -2.48. The SMILES string of the molecule is S=C1SCN(C2CCCC2)CN1CCc1ccccc1. The summed E-state index contributed by atoms with van der Waals surface area (Å²) in [5.74, 6) is 1.09. The second-order valence-corrected chi connectivity index (χ2v) is 7.29. The maximum Gasteiger partial charge on any atom is 0.138 e. The molecule has 108 valence electrons. The zero-order chi connectivity index (χ0) is 13.8. The molecule has 1 aromatic carbocycles. The molecule has 1 saturated heterocycles. The molecule has 2 fully saturated rings. The van der Waals surface area contributed by atoms with Gasteiger partial charge in [0.2, 0.25) is 0 Å². The predicted octanol–water partition coefficient (Wildman–Crippen LogP) is 3.72. The minimum Gasteiger partial charge on any atom is -0.344 e. The number of benzene rings is 1. The van der Waals surface area contributed by atoms with Gasteiger partial charge in [-0.1, -0.05) is 67.2 Å². The lowest BCUT2D eigenvalue weighted by atomic mass is 10.1. The van der Waals surface area contributed by atoms with Gasteiger partial charge in [0, 0.05) is 12.6 Å². The maximum atomic E-state index is 5.53. The van der Waals surface area contributed by atoms with Gasteiger partial charge < -0.3 is 4.90 Å². The van der Waals surface area contributed by atoms with Crippen molar-refractivity contribution in [3.8, 4) is 0 Å². The van der Waals surface area contributed by atoms with Gasteiger partial charge in [-0.05, 0) is 24.8 Å². The van der Waals surface area contributed by atoms with E-state index in [-0.39, 0.29) is 0 Å². The molecule has 3 rings (SSSR count). The average Bonchev–Trinajstić information content (AvgIpc) is 3.02. The maximum absolute atomic E-state index is 5.53. The van der Waals surface area contributed by atoms with E-state index in [9.17, 15) is 0 Å². The first-order valence-electron chi connectivity index (χ1n) is 7.52. The van der Waals surface area contributed by atoms with E-state index in [1.54, 1.807) is 0 Å². The van der Waals surface area contributed by atoms with Gasteiger partial charge in [0.1, 0.15) is 4.32 Å². The molecule has 0 spiro atoms. The van der Waals surface area contributed by atoms with Gasteiger partial charge in [-0.15, -0.1) is 0 Å². The summed E-state index contributed by atoms with van der Waals surface area (Å²) in [7, 11) is 0. The molecular formula is C16H22N2S2. The van der Waals surface area contributed by atoms with E-state index in [0.717, 1.165) is 35.9 Å². The topological polar surface area (TPSA) is 6.48 Å². The lowest BCUT2D eigenvalue weighted by Gasteiger charge is -2.39. The monoisotopic (exact) mass is 306 g/mol. The van der Waals surface area contributed by atoms with E-state index in [0.29, 0.717) is 0 Å². The van der Waals surface area contributed by atoms with Crippen molar-refractivity contribution in [3.05, 3.63) is 35.9 Å². The highest BCUT2D eigenvalue weighted by Crippen LogP contribution is 2.28. The molecule has 1 aliphatic carbocycles. The summed E-state index contributed by atoms with van der Waals surface area (Å²) in [4.78, 5) is 5.01. The number of rotatable bonds is 4. The fourth-order valence-corrected chi connectivity index (χ4v) is 4.32. The second kappa shape index (κ2) is 6.92. The van der Waals surface area contributed by atoms with Crippen LogP contribution in [0, 0.1) is 0 Å². The molecule has 1 aliphatic heterocycles. The highest BCUT2D eigenvalue weighted by molar-refractivity contribution is 8.22. The summed E-state index contributed by atoms with van der Waals surface area (Å²) in [6.07, 6.45) is 6.64. The Bertz CT molecular complexity index is 443. The van der Waals surface area contributed by atoms with E-state index in [1.807, 2.05) is 11.8 Å². The van der Waals surface area contributed by atoms with E-state index >= 15 is 0 Å². The number of thiocarbonyl (C=S) groups is 1. The van der Waals surface area contributed by atoms with Gasteiger partial charge in [0.25, 0.3) is 0 Å². The highest BCUT2D eigenvalue weighted by atomic mass is 32.2. The van der Waals surface area contributed by atoms with E-state index in [4.69, 9.17) is 12.2 Å². The van der Waals surface area contributed by atoms with Crippen molar-refractivity contribution < 1.29 is 0 Å². The number of nitrogens with zero attached hydrogens (tertiary/aromatic N) is 2. The minimum atomic E-state index is 0.796. The molecule has 0 atom stereocenters. The smallest absolute Gasteiger partial charge is 0.138 e. The molecule has 0 aromatic heterocycles. The van der Waals surface area contributed by atoms with E-state index in [2.05, 4.69) is 40.1 Å². The fourth-order valence-electron chi connectivity index (χ4n) is 3.11. The van der Waals surface area contributed by atoms with Gasteiger partial charge in [-0.2, -0.15) is 0 Å². The molecule has 2 aliphatic rings. The molecule has 0 unspecified atom stereocenters. The molecule has 4 heteroatoms. The van der Waals surface area contributed by atoms with Crippen molar-refractivity contribution in [2.45, 2.75) is 38.1 Å². The Kier molecular flexibility index (Phi) is 4.97. The van der Waals surface area contributed by atoms with Crippen LogP contribution in [0.4, 0.5) is 0 Å². The summed E-state index contributed by atoms with van der Waals surface area (Å²) in [5, 5.41) is 0. The van der Waals surface area contributed by atoms with Crippen LogP contribution in [-0.2, 0) is 6.42 Å². The largest absolute Gasteiger partial charge is 0.344 e. The van der Waals surface area contributed by atoms with Crippen LogP contribution >= 0.6 is 24.0 Å². The van der Waals surface area contributed by atoms with Gasteiger partial charge in [0.15, 0.2) is 0 Å².